The van der Waals surface area contributed by atoms with E-state index in [1.165, 1.54) is 10.3 Å². The average molecular weight is 464 g/mol. The van der Waals surface area contributed by atoms with E-state index < -0.39 is 0 Å². The van der Waals surface area contributed by atoms with Crippen molar-refractivity contribution in [1.82, 2.24) is 21.3 Å². The van der Waals surface area contributed by atoms with Crippen LogP contribution in [0, 0.1) is 0 Å². The first kappa shape index (κ1) is 31.6. The molecule has 163 valence electrons. The quantitative estimate of drug-likeness (QED) is 0.251. The van der Waals surface area contributed by atoms with Gasteiger partial charge in [-0.3, -0.25) is 0 Å². The van der Waals surface area contributed by atoms with Gasteiger partial charge in [0.25, 0.3) is 0 Å². The van der Waals surface area contributed by atoms with Gasteiger partial charge in [-0.1, -0.05) is 24.4 Å². The average Bonchev–Trinajstić information content (AvgIpc) is 2.48. The molecule has 0 saturated carbocycles. The van der Waals surface area contributed by atoms with Gasteiger partial charge >= 0.3 is 0 Å². The molecule has 1 fully saturated rings. The van der Waals surface area contributed by atoms with Crippen LogP contribution in [0.4, 0.5) is 0 Å². The summed E-state index contributed by atoms with van der Waals surface area (Å²) in [5, 5.41) is 31.5. The number of isothiocyanates is 2. The largest absolute Gasteiger partial charge is 0.753 e. The van der Waals surface area contributed by atoms with E-state index >= 15 is 0 Å². The van der Waals surface area contributed by atoms with Crippen LogP contribution in [0.5, 0.6) is 0 Å². The molecule has 1 heterocycles. The number of rotatable bonds is 0. The molecule has 0 spiro atoms. The Labute approximate surface area is 187 Å². The van der Waals surface area contributed by atoms with Crippen molar-refractivity contribution in [3.8, 4) is 0 Å². The molecule has 0 aromatic rings. The van der Waals surface area contributed by atoms with Crippen LogP contribution < -0.4 is 21.3 Å². The van der Waals surface area contributed by atoms with Gasteiger partial charge in [-0.15, -0.1) is 0 Å². The predicted octanol–water partition coefficient (Wildman–Crippen LogP) is 2.79. The fourth-order valence-corrected chi connectivity index (χ4v) is 3.26. The summed E-state index contributed by atoms with van der Waals surface area (Å²) < 4.78 is 0. The van der Waals surface area contributed by atoms with Crippen LogP contribution in [-0.2, 0) is 17.1 Å². The van der Waals surface area contributed by atoms with Crippen LogP contribution in [0.2, 0.25) is 0 Å². The summed E-state index contributed by atoms with van der Waals surface area (Å²) >= 11 is 7.40. The normalized spacial score (nSPS) is 25.3. The first-order valence-electron chi connectivity index (χ1n) is 9.03. The molecule has 0 aromatic carbocycles. The molecule has 4 N–H and O–H groups in total. The van der Waals surface area contributed by atoms with E-state index in [1.54, 1.807) is 0 Å². The molecule has 0 bridgehead atoms. The summed E-state index contributed by atoms with van der Waals surface area (Å²) in [5.74, 6) is 0. The number of nitrogens with zero attached hydrogens (tertiary/aromatic N) is 2. The van der Waals surface area contributed by atoms with Crippen molar-refractivity contribution in [1.29, 1.82) is 0 Å². The number of hydrogen-bond donors (Lipinski definition) is 4. The van der Waals surface area contributed by atoms with Gasteiger partial charge in [0, 0.05) is 66.4 Å². The number of hydrogen-bond acceptors (Lipinski definition) is 6. The Morgan fingerprint density at radius 2 is 1.00 bits per heavy atom. The molecule has 1 saturated heterocycles. The van der Waals surface area contributed by atoms with E-state index in [4.69, 9.17) is 10.8 Å². The third-order valence-electron chi connectivity index (χ3n) is 4.08. The van der Waals surface area contributed by atoms with Gasteiger partial charge in [-0.25, -0.2) is 0 Å². The van der Waals surface area contributed by atoms with Gasteiger partial charge in [-0.2, -0.15) is 10.3 Å². The third-order valence-corrected chi connectivity index (χ3v) is 4.08. The number of thiocarbonyl (C=S) groups is 2. The Bertz CT molecular complexity index is 394. The smallest absolute Gasteiger partial charge is 0.0140 e. The van der Waals surface area contributed by atoms with E-state index in [0.717, 1.165) is 39.0 Å². The molecule has 2 atom stereocenters. The zero-order chi connectivity index (χ0) is 20.6. The van der Waals surface area contributed by atoms with Gasteiger partial charge in [0.05, 0.1) is 0 Å². The summed E-state index contributed by atoms with van der Waals surface area (Å²) in [5.41, 5.74) is 0.377. The van der Waals surface area contributed by atoms with Crippen molar-refractivity contribution < 1.29 is 17.1 Å². The van der Waals surface area contributed by atoms with Crippen molar-refractivity contribution in [2.75, 3.05) is 26.2 Å². The first-order valence-corrected chi connectivity index (χ1v) is 9.84. The maximum absolute atomic E-state index is 7.13. The SMILES string of the molecule is CC1CC(C)(C)NCCNC(C)CC(C)(C)NCCN1.[Cu].[N-]=C=S.[N-]=C=S. The van der Waals surface area contributed by atoms with Crippen molar-refractivity contribution in [3.05, 3.63) is 10.8 Å². The van der Waals surface area contributed by atoms with Crippen LogP contribution in [0.25, 0.3) is 10.8 Å². The fraction of sp³-hybridized carbons (Fsp3) is 0.889. The molecule has 2 unspecified atom stereocenters. The molecule has 0 aliphatic carbocycles. The van der Waals surface area contributed by atoms with E-state index in [0.29, 0.717) is 12.1 Å². The van der Waals surface area contributed by atoms with Gasteiger partial charge in [-0.05, 0) is 54.4 Å². The summed E-state index contributed by atoms with van der Waals surface area (Å²) in [6.07, 6.45) is 2.29. The van der Waals surface area contributed by atoms with Crippen LogP contribution >= 0.6 is 24.4 Å². The topological polar surface area (TPSA) is 92.7 Å². The first-order chi connectivity index (χ1) is 12.0. The second-order valence-corrected chi connectivity index (χ2v) is 8.29. The second-order valence-electron chi connectivity index (χ2n) is 7.92. The Kier molecular flexibility index (Phi) is 21.1. The minimum absolute atomic E-state index is 0. The zero-order valence-electron chi connectivity index (χ0n) is 17.4. The number of nitrogens with one attached hydrogen (secondary N) is 4. The van der Waals surface area contributed by atoms with Crippen LogP contribution in [-0.4, -0.2) is 59.7 Å². The van der Waals surface area contributed by atoms with E-state index in [2.05, 4.69) is 87.2 Å². The van der Waals surface area contributed by atoms with Crippen molar-refractivity contribution in [2.45, 2.75) is 77.5 Å². The van der Waals surface area contributed by atoms with E-state index in [9.17, 15) is 0 Å². The molecule has 6 nitrogen and oxygen atoms in total. The van der Waals surface area contributed by atoms with Crippen molar-refractivity contribution >= 4 is 34.8 Å². The molecule has 1 rings (SSSR count). The van der Waals surface area contributed by atoms with E-state index in [1.807, 2.05) is 0 Å². The Balaban J connectivity index is -0.000000726. The minimum atomic E-state index is 0. The fourth-order valence-electron chi connectivity index (χ4n) is 3.26. The molecule has 1 radical (unpaired) electrons. The van der Waals surface area contributed by atoms with Gasteiger partial charge in [0.15, 0.2) is 0 Å². The van der Waals surface area contributed by atoms with Crippen molar-refractivity contribution in [2.24, 2.45) is 0 Å². The predicted molar refractivity (Wildman–Crippen MR) is 120 cm³/mol. The summed E-state index contributed by atoms with van der Waals surface area (Å²) in [6.45, 7) is 17.8. The Morgan fingerprint density at radius 3 is 1.26 bits per heavy atom. The maximum Gasteiger partial charge on any atom is 0.0140 e. The molecule has 27 heavy (non-hydrogen) atoms. The molecular weight excluding hydrogens is 428 g/mol. The Hall–Kier alpha value is -0.0405. The zero-order valence-corrected chi connectivity index (χ0v) is 20.0. The minimum Gasteiger partial charge on any atom is -0.753 e. The van der Waals surface area contributed by atoms with Gasteiger partial charge in [0.2, 0.25) is 0 Å². The molecular formula is C18H36CuN6S2-2. The molecule has 0 aromatic heterocycles. The molecule has 1 aliphatic heterocycles. The summed E-state index contributed by atoms with van der Waals surface area (Å²) in [4.78, 5) is 0. The van der Waals surface area contributed by atoms with Gasteiger partial charge in [0.1, 0.15) is 0 Å². The van der Waals surface area contributed by atoms with Crippen molar-refractivity contribution in [3.63, 3.8) is 0 Å². The van der Waals surface area contributed by atoms with Crippen LogP contribution in [0.15, 0.2) is 0 Å². The molecule has 1 aliphatic rings. The Morgan fingerprint density at radius 1 is 0.741 bits per heavy atom. The second kappa shape index (κ2) is 18.0. The molecule has 9 heteroatoms. The summed E-state index contributed by atoms with van der Waals surface area (Å²) in [6, 6.07) is 1.08. The van der Waals surface area contributed by atoms with Crippen LogP contribution in [0.1, 0.15) is 54.4 Å². The summed E-state index contributed by atoms with van der Waals surface area (Å²) in [7, 11) is 0. The monoisotopic (exact) mass is 463 g/mol. The van der Waals surface area contributed by atoms with Crippen LogP contribution in [0.3, 0.4) is 0 Å². The standard InChI is InChI=1S/C16H36N4.2CNS.Cu/c1-13-11-15(3,4)19-10-8-18-14(2)12-16(5,6)20-9-7-17-13;2*2-1-3;/h13-14,17-20H,7-12H2,1-6H3;;;/q;2*-1;. The van der Waals surface area contributed by atoms with E-state index in [-0.39, 0.29) is 28.1 Å². The maximum atomic E-state index is 7.13. The van der Waals surface area contributed by atoms with Gasteiger partial charge < -0.3 is 32.1 Å². The third kappa shape index (κ3) is 22.1. The molecule has 0 amide bonds.